The predicted molar refractivity (Wildman–Crippen MR) is 96.4 cm³/mol. The maximum Gasteiger partial charge on any atom is 0.321 e. The molecule has 0 saturated carbocycles. The summed E-state index contributed by atoms with van der Waals surface area (Å²) < 4.78 is 18.6. The fraction of sp³-hybridized carbons (Fsp3) is 0.278. The monoisotopic (exact) mass is 348 g/mol. The van der Waals surface area contributed by atoms with Crippen LogP contribution < -0.4 is 10.1 Å². The van der Waals surface area contributed by atoms with Gasteiger partial charge in [0.25, 0.3) is 0 Å². The molecule has 2 aromatic carbocycles. The first-order valence-electron chi connectivity index (χ1n) is 7.43. The molecule has 0 saturated heterocycles. The van der Waals surface area contributed by atoms with E-state index in [2.05, 4.69) is 5.32 Å². The molecule has 24 heavy (non-hydrogen) atoms. The van der Waals surface area contributed by atoms with Gasteiger partial charge in [0.15, 0.2) is 0 Å². The normalized spacial score (nSPS) is 10.4. The summed E-state index contributed by atoms with van der Waals surface area (Å²) in [5, 5.41) is 2.77. The number of amides is 2. The summed E-state index contributed by atoms with van der Waals surface area (Å²) >= 11 is 1.61. The average molecular weight is 348 g/mol. The second kappa shape index (κ2) is 8.06. The standard InChI is InChI=1S/C18H21FN2O2S/c1-12-9-14(6-7-15(12)19)20-18(22)21(2)11-13-5-8-17(24-4)16(10-13)23-3/h5-10H,11H2,1-4H3,(H,20,22). The highest BCUT2D eigenvalue weighted by molar-refractivity contribution is 7.98. The third-order valence-electron chi connectivity index (χ3n) is 3.62. The van der Waals surface area contributed by atoms with E-state index in [1.807, 2.05) is 24.5 Å². The lowest BCUT2D eigenvalue weighted by Crippen LogP contribution is -2.30. The van der Waals surface area contributed by atoms with E-state index < -0.39 is 0 Å². The summed E-state index contributed by atoms with van der Waals surface area (Å²) in [6.07, 6.45) is 1.99. The van der Waals surface area contributed by atoms with Crippen molar-refractivity contribution < 1.29 is 13.9 Å². The Balaban J connectivity index is 2.04. The Labute approximate surface area is 146 Å². The van der Waals surface area contributed by atoms with Crippen molar-refractivity contribution >= 4 is 23.5 Å². The fourth-order valence-corrected chi connectivity index (χ4v) is 2.81. The van der Waals surface area contributed by atoms with Crippen molar-refractivity contribution in [3.05, 3.63) is 53.3 Å². The van der Waals surface area contributed by atoms with Gasteiger partial charge in [-0.15, -0.1) is 11.8 Å². The second-order valence-electron chi connectivity index (χ2n) is 5.44. The van der Waals surface area contributed by atoms with Gasteiger partial charge in [-0.3, -0.25) is 0 Å². The van der Waals surface area contributed by atoms with Gasteiger partial charge in [0, 0.05) is 24.2 Å². The minimum absolute atomic E-state index is 0.256. The third-order valence-corrected chi connectivity index (χ3v) is 4.40. The number of methoxy groups -OCH3 is 1. The molecule has 0 bridgehead atoms. The van der Waals surface area contributed by atoms with Gasteiger partial charge in [0.1, 0.15) is 11.6 Å². The summed E-state index contributed by atoms with van der Waals surface area (Å²) in [4.78, 5) is 14.9. The van der Waals surface area contributed by atoms with Crippen molar-refractivity contribution in [2.45, 2.75) is 18.4 Å². The second-order valence-corrected chi connectivity index (χ2v) is 6.29. The van der Waals surface area contributed by atoms with Crippen molar-refractivity contribution in [1.82, 2.24) is 4.90 Å². The van der Waals surface area contributed by atoms with Crippen LogP contribution in [0.15, 0.2) is 41.3 Å². The predicted octanol–water partition coefficient (Wildman–Crippen LogP) is 4.53. The van der Waals surface area contributed by atoms with Gasteiger partial charge in [0.05, 0.1) is 7.11 Å². The zero-order chi connectivity index (χ0) is 17.7. The van der Waals surface area contributed by atoms with E-state index in [-0.39, 0.29) is 11.8 Å². The van der Waals surface area contributed by atoms with Crippen LogP contribution in [-0.4, -0.2) is 31.3 Å². The van der Waals surface area contributed by atoms with Gasteiger partial charge < -0.3 is 15.0 Å². The van der Waals surface area contributed by atoms with Crippen LogP contribution in [-0.2, 0) is 6.54 Å². The van der Waals surface area contributed by atoms with Gasteiger partial charge in [0.2, 0.25) is 0 Å². The van der Waals surface area contributed by atoms with Crippen LogP contribution in [0.2, 0.25) is 0 Å². The van der Waals surface area contributed by atoms with E-state index in [4.69, 9.17) is 4.74 Å². The molecule has 6 heteroatoms. The largest absolute Gasteiger partial charge is 0.496 e. The number of hydrogen-bond acceptors (Lipinski definition) is 3. The highest BCUT2D eigenvalue weighted by Crippen LogP contribution is 2.28. The van der Waals surface area contributed by atoms with Gasteiger partial charge in [-0.25, -0.2) is 9.18 Å². The first kappa shape index (κ1) is 18.1. The quantitative estimate of drug-likeness (QED) is 0.807. The van der Waals surface area contributed by atoms with Crippen molar-refractivity contribution in [3.63, 3.8) is 0 Å². The molecular weight excluding hydrogens is 327 g/mol. The minimum Gasteiger partial charge on any atom is -0.496 e. The molecule has 0 heterocycles. The number of thioether (sulfide) groups is 1. The summed E-state index contributed by atoms with van der Waals surface area (Å²) in [6.45, 7) is 2.10. The Morgan fingerprint density at radius 3 is 2.67 bits per heavy atom. The molecule has 2 rings (SSSR count). The fourth-order valence-electron chi connectivity index (χ4n) is 2.27. The molecule has 0 atom stereocenters. The highest BCUT2D eigenvalue weighted by atomic mass is 32.2. The number of hydrogen-bond donors (Lipinski definition) is 1. The number of halogens is 1. The SMILES string of the molecule is COc1cc(CN(C)C(=O)Nc2ccc(F)c(C)c2)ccc1SC. The Morgan fingerprint density at radius 1 is 1.29 bits per heavy atom. The molecule has 0 radical (unpaired) electrons. The lowest BCUT2D eigenvalue weighted by Gasteiger charge is -2.19. The lowest BCUT2D eigenvalue weighted by atomic mass is 10.2. The van der Waals surface area contributed by atoms with Crippen molar-refractivity contribution in [2.24, 2.45) is 0 Å². The van der Waals surface area contributed by atoms with Crippen molar-refractivity contribution in [2.75, 3.05) is 25.7 Å². The molecule has 4 nitrogen and oxygen atoms in total. The number of urea groups is 1. The number of aryl methyl sites for hydroxylation is 1. The van der Waals surface area contributed by atoms with E-state index in [1.165, 1.54) is 6.07 Å². The highest BCUT2D eigenvalue weighted by Gasteiger charge is 2.12. The number of carbonyl (C=O) groups excluding carboxylic acids is 1. The van der Waals surface area contributed by atoms with Crippen LogP contribution in [0.25, 0.3) is 0 Å². The molecule has 0 aromatic heterocycles. The van der Waals surface area contributed by atoms with Gasteiger partial charge >= 0.3 is 6.03 Å². The summed E-state index contributed by atoms with van der Waals surface area (Å²) in [6, 6.07) is 10.1. The van der Waals surface area contributed by atoms with E-state index in [9.17, 15) is 9.18 Å². The maximum atomic E-state index is 13.3. The van der Waals surface area contributed by atoms with Crippen LogP contribution in [0.1, 0.15) is 11.1 Å². The molecular formula is C18H21FN2O2S. The molecule has 0 aliphatic rings. The molecule has 2 amide bonds. The van der Waals surface area contributed by atoms with Crippen LogP contribution in [0.3, 0.4) is 0 Å². The smallest absolute Gasteiger partial charge is 0.321 e. The number of rotatable bonds is 5. The molecule has 2 aromatic rings. The summed E-state index contributed by atoms with van der Waals surface area (Å²) in [5.41, 5.74) is 2.03. The Morgan fingerprint density at radius 2 is 2.04 bits per heavy atom. The van der Waals surface area contributed by atoms with Crippen LogP contribution in [0, 0.1) is 12.7 Å². The number of carbonyl (C=O) groups is 1. The zero-order valence-corrected chi connectivity index (χ0v) is 15.0. The number of ether oxygens (including phenoxy) is 1. The Hall–Kier alpha value is -2.21. The molecule has 0 aliphatic heterocycles. The van der Waals surface area contributed by atoms with Crippen LogP contribution in [0.4, 0.5) is 14.9 Å². The van der Waals surface area contributed by atoms with E-state index in [1.54, 1.807) is 49.9 Å². The summed E-state index contributed by atoms with van der Waals surface area (Å²) in [7, 11) is 3.34. The average Bonchev–Trinajstić information content (AvgIpc) is 2.57. The molecule has 0 unspecified atom stereocenters. The number of nitrogens with zero attached hydrogens (tertiary/aromatic N) is 1. The van der Waals surface area contributed by atoms with Gasteiger partial charge in [-0.05, 0) is 54.6 Å². The Kier molecular flexibility index (Phi) is 6.09. The van der Waals surface area contributed by atoms with E-state index in [0.717, 1.165) is 16.2 Å². The van der Waals surface area contributed by atoms with Crippen molar-refractivity contribution in [1.29, 1.82) is 0 Å². The molecule has 0 aliphatic carbocycles. The third kappa shape index (κ3) is 4.41. The zero-order valence-electron chi connectivity index (χ0n) is 14.2. The van der Waals surface area contributed by atoms with Gasteiger partial charge in [-0.2, -0.15) is 0 Å². The number of benzene rings is 2. The molecule has 128 valence electrons. The first-order chi connectivity index (χ1) is 11.4. The number of anilines is 1. The first-order valence-corrected chi connectivity index (χ1v) is 8.66. The maximum absolute atomic E-state index is 13.3. The molecule has 0 spiro atoms. The van der Waals surface area contributed by atoms with E-state index in [0.29, 0.717) is 17.8 Å². The minimum atomic E-state index is -0.290. The van der Waals surface area contributed by atoms with Gasteiger partial charge in [-0.1, -0.05) is 6.07 Å². The van der Waals surface area contributed by atoms with Crippen molar-refractivity contribution in [3.8, 4) is 5.75 Å². The summed E-state index contributed by atoms with van der Waals surface area (Å²) in [5.74, 6) is 0.505. The van der Waals surface area contributed by atoms with Crippen LogP contribution in [0.5, 0.6) is 5.75 Å². The molecule has 1 N–H and O–H groups in total. The Bertz CT molecular complexity index is 737. The molecule has 0 fully saturated rings. The van der Waals surface area contributed by atoms with E-state index >= 15 is 0 Å². The lowest BCUT2D eigenvalue weighted by molar-refractivity contribution is 0.220. The topological polar surface area (TPSA) is 41.6 Å². The van der Waals surface area contributed by atoms with Crippen LogP contribution >= 0.6 is 11.8 Å². The number of nitrogens with one attached hydrogen (secondary N) is 1.